The number of allylic oxidation sites excluding steroid dienone is 4. The van der Waals surface area contributed by atoms with Crippen LogP contribution in [0.25, 0.3) is 5.57 Å². The number of ether oxygens (including phenoxy) is 2. The molecule has 1 aliphatic rings. The fraction of sp³-hybridized carbons (Fsp3) is 0.269. The second-order valence-electron chi connectivity index (χ2n) is 7.58. The zero-order chi connectivity index (χ0) is 23.8. The van der Waals surface area contributed by atoms with E-state index in [1.54, 1.807) is 31.2 Å². The molecule has 33 heavy (non-hydrogen) atoms. The monoisotopic (exact) mass is 533 g/mol. The third-order valence-corrected chi connectivity index (χ3v) is 5.96. The van der Waals surface area contributed by atoms with E-state index in [0.717, 1.165) is 51.8 Å². The van der Waals surface area contributed by atoms with Crippen LogP contribution in [0.1, 0.15) is 43.7 Å². The van der Waals surface area contributed by atoms with E-state index in [9.17, 15) is 9.18 Å². The van der Waals surface area contributed by atoms with Gasteiger partial charge in [0.25, 0.3) is 0 Å². The molecule has 0 amide bonds. The quantitative estimate of drug-likeness (QED) is 0.277. The van der Waals surface area contributed by atoms with Crippen LogP contribution in [-0.4, -0.2) is 12.6 Å². The Kier molecular flexibility index (Phi) is 9.15. The number of hydrogen-bond donors (Lipinski definition) is 1. The molecule has 0 aromatic heterocycles. The summed E-state index contributed by atoms with van der Waals surface area (Å²) in [4.78, 5) is 11.6. The van der Waals surface area contributed by atoms with Crippen molar-refractivity contribution >= 4 is 39.1 Å². The maximum atomic E-state index is 13.2. The Hall–Kier alpha value is -2.57. The summed E-state index contributed by atoms with van der Waals surface area (Å²) in [5, 5.41) is 0.363. The summed E-state index contributed by atoms with van der Waals surface area (Å²) in [6, 6.07) is 12.1. The van der Waals surface area contributed by atoms with Gasteiger partial charge in [-0.15, -0.1) is 0 Å². The number of carbonyl (C=O) groups excluding carboxylic acids is 1. The Morgan fingerprint density at radius 2 is 1.94 bits per heavy atom. The number of carbonyl (C=O) groups is 1. The lowest BCUT2D eigenvalue weighted by Gasteiger charge is -2.15. The zero-order valence-electron chi connectivity index (χ0n) is 18.4. The standard InChI is InChI=1S/C26H26BrClFNO3/c1-2-32-26(31)15-19(28)9-12-24(30)22-5-3-4-21(22)23-14-18(27)8-13-25(23)33-16-17-6-10-20(29)11-7-17/h6-14H,2-5,15-16,30H2,1H3/b19-9+,24-12-. The summed E-state index contributed by atoms with van der Waals surface area (Å²) >= 11 is 9.72. The number of hydrogen-bond acceptors (Lipinski definition) is 4. The van der Waals surface area contributed by atoms with E-state index in [4.69, 9.17) is 26.8 Å². The van der Waals surface area contributed by atoms with Crippen molar-refractivity contribution in [1.82, 2.24) is 0 Å². The van der Waals surface area contributed by atoms with Gasteiger partial charge in [-0.3, -0.25) is 4.79 Å². The van der Waals surface area contributed by atoms with Gasteiger partial charge in [0, 0.05) is 20.8 Å². The number of esters is 1. The summed E-state index contributed by atoms with van der Waals surface area (Å²) in [6.07, 6.45) is 6.07. The minimum absolute atomic E-state index is 0.0120. The molecule has 2 N–H and O–H groups in total. The van der Waals surface area contributed by atoms with E-state index in [2.05, 4.69) is 15.9 Å². The molecule has 3 rings (SSSR count). The van der Waals surface area contributed by atoms with Crippen LogP contribution in [-0.2, 0) is 16.1 Å². The van der Waals surface area contributed by atoms with Gasteiger partial charge in [-0.2, -0.15) is 0 Å². The molecule has 1 aliphatic carbocycles. The van der Waals surface area contributed by atoms with Crippen molar-refractivity contribution in [2.75, 3.05) is 6.61 Å². The van der Waals surface area contributed by atoms with Crippen molar-refractivity contribution in [2.24, 2.45) is 5.73 Å². The third kappa shape index (κ3) is 7.21. The molecular formula is C26H26BrClFNO3. The molecule has 0 spiro atoms. The van der Waals surface area contributed by atoms with E-state index in [1.165, 1.54) is 12.1 Å². The van der Waals surface area contributed by atoms with Crippen molar-refractivity contribution in [3.8, 4) is 5.75 Å². The number of nitrogens with two attached hydrogens (primary N) is 1. The zero-order valence-corrected chi connectivity index (χ0v) is 20.7. The normalized spacial score (nSPS) is 14.5. The van der Waals surface area contributed by atoms with E-state index in [-0.39, 0.29) is 18.2 Å². The molecule has 2 aromatic rings. The lowest BCUT2D eigenvalue weighted by atomic mass is 9.99. The minimum Gasteiger partial charge on any atom is -0.488 e. The van der Waals surface area contributed by atoms with Gasteiger partial charge in [0.15, 0.2) is 0 Å². The lowest BCUT2D eigenvalue weighted by molar-refractivity contribution is -0.142. The Morgan fingerprint density at radius 1 is 1.18 bits per heavy atom. The van der Waals surface area contributed by atoms with Crippen LogP contribution in [0, 0.1) is 5.82 Å². The van der Waals surface area contributed by atoms with Crippen LogP contribution in [0.4, 0.5) is 4.39 Å². The predicted octanol–water partition coefficient (Wildman–Crippen LogP) is 7.02. The van der Waals surface area contributed by atoms with Crippen molar-refractivity contribution in [3.05, 3.63) is 92.3 Å². The molecule has 0 saturated carbocycles. The maximum absolute atomic E-state index is 13.2. The summed E-state index contributed by atoms with van der Waals surface area (Å²) in [5.41, 5.74) is 11.0. The SMILES string of the molecule is CCOC(=O)C/C(Cl)=C\C=C(/N)C1=C(c2cc(Br)ccc2OCc2ccc(F)cc2)CCC1. The highest BCUT2D eigenvalue weighted by atomic mass is 79.9. The summed E-state index contributed by atoms with van der Waals surface area (Å²) in [6.45, 7) is 2.39. The van der Waals surface area contributed by atoms with Gasteiger partial charge in [-0.05, 0) is 85.4 Å². The first-order valence-electron chi connectivity index (χ1n) is 10.7. The number of benzene rings is 2. The average molecular weight is 535 g/mol. The lowest BCUT2D eigenvalue weighted by Crippen LogP contribution is -2.04. The summed E-state index contributed by atoms with van der Waals surface area (Å²) < 4.78 is 25.1. The molecule has 4 nitrogen and oxygen atoms in total. The van der Waals surface area contributed by atoms with E-state index >= 15 is 0 Å². The molecular weight excluding hydrogens is 509 g/mol. The highest BCUT2D eigenvalue weighted by Gasteiger charge is 2.21. The molecule has 174 valence electrons. The molecule has 0 aliphatic heterocycles. The molecule has 0 bridgehead atoms. The maximum Gasteiger partial charge on any atom is 0.311 e. The second kappa shape index (κ2) is 12.1. The van der Waals surface area contributed by atoms with E-state index < -0.39 is 0 Å². The van der Waals surface area contributed by atoms with Crippen LogP contribution < -0.4 is 10.5 Å². The Balaban J connectivity index is 1.84. The van der Waals surface area contributed by atoms with Crippen molar-refractivity contribution in [1.29, 1.82) is 0 Å². The topological polar surface area (TPSA) is 61.5 Å². The summed E-state index contributed by atoms with van der Waals surface area (Å²) in [7, 11) is 0. The van der Waals surface area contributed by atoms with E-state index in [1.807, 2.05) is 18.2 Å². The van der Waals surface area contributed by atoms with Gasteiger partial charge in [-0.1, -0.05) is 39.7 Å². The number of halogens is 3. The van der Waals surface area contributed by atoms with Crippen molar-refractivity contribution in [3.63, 3.8) is 0 Å². The largest absolute Gasteiger partial charge is 0.488 e. The first kappa shape index (κ1) is 25.1. The van der Waals surface area contributed by atoms with Gasteiger partial charge in [-0.25, -0.2) is 4.39 Å². The third-order valence-electron chi connectivity index (χ3n) is 5.20. The average Bonchev–Trinajstić information content (AvgIpc) is 3.28. The fourth-order valence-corrected chi connectivity index (χ4v) is 4.19. The highest BCUT2D eigenvalue weighted by molar-refractivity contribution is 9.10. The van der Waals surface area contributed by atoms with Gasteiger partial charge in [0.1, 0.15) is 18.2 Å². The first-order valence-corrected chi connectivity index (χ1v) is 11.9. The van der Waals surface area contributed by atoms with Crippen LogP contribution in [0.5, 0.6) is 5.75 Å². The van der Waals surface area contributed by atoms with Crippen molar-refractivity contribution in [2.45, 2.75) is 39.2 Å². The molecule has 0 saturated heterocycles. The van der Waals surface area contributed by atoms with Crippen LogP contribution in [0.2, 0.25) is 0 Å². The fourth-order valence-electron chi connectivity index (χ4n) is 3.65. The van der Waals surface area contributed by atoms with Gasteiger partial charge < -0.3 is 15.2 Å². The Morgan fingerprint density at radius 3 is 2.67 bits per heavy atom. The first-order chi connectivity index (χ1) is 15.9. The molecule has 2 aromatic carbocycles. The van der Waals surface area contributed by atoms with Crippen LogP contribution in [0.3, 0.4) is 0 Å². The molecule has 0 heterocycles. The molecule has 0 unspecified atom stereocenters. The molecule has 0 atom stereocenters. The molecule has 7 heteroatoms. The Bertz CT molecular complexity index is 1090. The van der Waals surface area contributed by atoms with E-state index in [0.29, 0.717) is 23.9 Å². The number of rotatable bonds is 9. The molecule has 0 fully saturated rings. The van der Waals surface area contributed by atoms with Gasteiger partial charge >= 0.3 is 5.97 Å². The minimum atomic E-state index is -0.372. The van der Waals surface area contributed by atoms with Crippen molar-refractivity contribution < 1.29 is 18.7 Å². The van der Waals surface area contributed by atoms with Crippen LogP contribution >= 0.6 is 27.5 Å². The smallest absolute Gasteiger partial charge is 0.311 e. The summed E-state index contributed by atoms with van der Waals surface area (Å²) in [5.74, 6) is 0.0895. The van der Waals surface area contributed by atoms with Gasteiger partial charge in [0.2, 0.25) is 0 Å². The van der Waals surface area contributed by atoms with Gasteiger partial charge in [0.05, 0.1) is 13.0 Å². The highest BCUT2D eigenvalue weighted by Crippen LogP contribution is 2.41. The van der Waals surface area contributed by atoms with Crippen LogP contribution in [0.15, 0.2) is 75.4 Å². The molecule has 0 radical (unpaired) electrons. The second-order valence-corrected chi connectivity index (χ2v) is 8.98. The predicted molar refractivity (Wildman–Crippen MR) is 133 cm³/mol. The Labute approximate surface area is 207 Å².